The first-order valence-electron chi connectivity index (χ1n) is 7.67. The molecule has 104 valence electrons. The lowest BCUT2D eigenvalue weighted by molar-refractivity contribution is 0.256. The third-order valence-electron chi connectivity index (χ3n) is 4.54. The number of rotatable bonds is 7. The Morgan fingerprint density at radius 1 is 1.06 bits per heavy atom. The zero-order chi connectivity index (χ0) is 13.5. The smallest absolute Gasteiger partial charge is 0.0174 e. The van der Waals surface area contributed by atoms with Crippen LogP contribution in [-0.2, 0) is 0 Å². The maximum Gasteiger partial charge on any atom is 0.0174 e. The molecule has 2 atom stereocenters. The van der Waals surface area contributed by atoms with Gasteiger partial charge in [0.05, 0.1) is 0 Å². The van der Waals surface area contributed by atoms with Crippen molar-refractivity contribution < 1.29 is 0 Å². The Morgan fingerprint density at radius 3 is 2.22 bits per heavy atom. The topological polar surface area (TPSA) is 3.24 Å². The molecule has 1 heterocycles. The highest BCUT2D eigenvalue weighted by Crippen LogP contribution is 2.26. The van der Waals surface area contributed by atoms with Gasteiger partial charge in [0.1, 0.15) is 0 Å². The Hall–Kier alpha value is -0.720. The number of hydrogen-bond donors (Lipinski definition) is 0. The average Bonchev–Trinajstić information content (AvgIpc) is 2.43. The molecule has 1 saturated heterocycles. The number of nitrogens with zero attached hydrogens (tertiary/aromatic N) is 1. The van der Waals surface area contributed by atoms with Crippen molar-refractivity contribution in [2.75, 3.05) is 13.1 Å². The second-order valence-corrected chi connectivity index (χ2v) is 5.95. The van der Waals surface area contributed by atoms with Crippen LogP contribution in [0.15, 0.2) is 24.4 Å². The predicted molar refractivity (Wildman–Crippen MR) is 81.6 cm³/mol. The summed E-state index contributed by atoms with van der Waals surface area (Å²) in [5.41, 5.74) is 2.77. The lowest BCUT2D eigenvalue weighted by Gasteiger charge is -2.33. The van der Waals surface area contributed by atoms with E-state index in [-0.39, 0.29) is 0 Å². The number of allylic oxidation sites excluding steroid dienone is 2. The summed E-state index contributed by atoms with van der Waals surface area (Å²) in [7, 11) is 0. The summed E-state index contributed by atoms with van der Waals surface area (Å²) in [6.07, 6.45) is 7.64. The van der Waals surface area contributed by atoms with Crippen LogP contribution >= 0.6 is 0 Å². The lowest BCUT2D eigenvalue weighted by Crippen LogP contribution is -2.31. The molecule has 18 heavy (non-hydrogen) atoms. The van der Waals surface area contributed by atoms with Crippen LogP contribution in [0, 0.1) is 11.8 Å². The minimum Gasteiger partial charge on any atom is -0.375 e. The van der Waals surface area contributed by atoms with E-state index in [0.29, 0.717) is 11.8 Å². The lowest BCUT2D eigenvalue weighted by atomic mass is 9.91. The first kappa shape index (κ1) is 15.3. The van der Waals surface area contributed by atoms with Gasteiger partial charge in [0.25, 0.3) is 0 Å². The van der Waals surface area contributed by atoms with Crippen molar-refractivity contribution in [3.63, 3.8) is 0 Å². The summed E-state index contributed by atoms with van der Waals surface area (Å²) in [4.78, 5) is 2.50. The van der Waals surface area contributed by atoms with Crippen molar-refractivity contribution in [3.05, 3.63) is 24.4 Å². The van der Waals surface area contributed by atoms with Gasteiger partial charge in [0.2, 0.25) is 0 Å². The van der Waals surface area contributed by atoms with Gasteiger partial charge in [-0.05, 0) is 50.4 Å². The average molecular weight is 249 g/mol. The molecule has 0 saturated carbocycles. The van der Waals surface area contributed by atoms with Crippen LogP contribution in [0.25, 0.3) is 0 Å². The van der Waals surface area contributed by atoms with Gasteiger partial charge >= 0.3 is 0 Å². The molecule has 0 spiro atoms. The van der Waals surface area contributed by atoms with E-state index >= 15 is 0 Å². The summed E-state index contributed by atoms with van der Waals surface area (Å²) < 4.78 is 0. The highest BCUT2D eigenvalue weighted by Gasteiger charge is 2.17. The highest BCUT2D eigenvalue weighted by atomic mass is 15.1. The van der Waals surface area contributed by atoms with Crippen molar-refractivity contribution in [1.82, 2.24) is 4.90 Å². The minimum atomic E-state index is 0.601. The van der Waals surface area contributed by atoms with Crippen molar-refractivity contribution in [2.45, 2.75) is 59.3 Å². The van der Waals surface area contributed by atoms with Gasteiger partial charge in [-0.2, -0.15) is 0 Å². The predicted octanol–water partition coefficient (Wildman–Crippen LogP) is 5.00. The second kappa shape index (κ2) is 7.66. The number of hydrogen-bond acceptors (Lipinski definition) is 1. The van der Waals surface area contributed by atoms with Gasteiger partial charge in [-0.1, -0.05) is 39.5 Å². The van der Waals surface area contributed by atoms with E-state index in [1.807, 2.05) is 0 Å². The fourth-order valence-corrected chi connectivity index (χ4v) is 2.60. The van der Waals surface area contributed by atoms with E-state index in [0.717, 1.165) is 6.42 Å². The molecule has 0 aromatic carbocycles. The Kier molecular flexibility index (Phi) is 6.52. The van der Waals surface area contributed by atoms with Gasteiger partial charge in [-0.3, -0.25) is 0 Å². The van der Waals surface area contributed by atoms with E-state index in [1.165, 1.54) is 56.5 Å². The van der Waals surface area contributed by atoms with Crippen LogP contribution in [0.3, 0.4) is 0 Å². The molecule has 1 aliphatic heterocycles. The first-order chi connectivity index (χ1) is 8.56. The normalized spacial score (nSPS) is 19.4. The summed E-state index contributed by atoms with van der Waals surface area (Å²) in [5, 5.41) is 0. The summed E-state index contributed by atoms with van der Waals surface area (Å²) >= 11 is 0. The Morgan fingerprint density at radius 2 is 1.67 bits per heavy atom. The zero-order valence-electron chi connectivity index (χ0n) is 12.7. The van der Waals surface area contributed by atoms with Crippen LogP contribution in [0.4, 0.5) is 0 Å². The Bertz CT molecular complexity index is 273. The standard InChI is InChI=1S/C17H31N/c1-6-14(2)15(3)10-11-16(4)17(5)18-12-8-7-9-13-18/h14,16H,3,5-13H2,1-2,4H3. The molecule has 0 radical (unpaired) electrons. The Labute approximate surface area is 114 Å². The van der Waals surface area contributed by atoms with Crippen LogP contribution < -0.4 is 0 Å². The number of likely N-dealkylation sites (tertiary alicyclic amines) is 1. The third-order valence-corrected chi connectivity index (χ3v) is 4.54. The fourth-order valence-electron chi connectivity index (χ4n) is 2.60. The van der Waals surface area contributed by atoms with Gasteiger partial charge < -0.3 is 4.90 Å². The molecule has 1 fully saturated rings. The minimum absolute atomic E-state index is 0.601. The van der Waals surface area contributed by atoms with Crippen molar-refractivity contribution in [2.24, 2.45) is 11.8 Å². The van der Waals surface area contributed by atoms with Crippen LogP contribution in [0.2, 0.25) is 0 Å². The SMILES string of the molecule is C=C(CCC(C)C(=C)N1CCCCC1)C(C)CC. The molecule has 0 bridgehead atoms. The molecule has 0 aliphatic carbocycles. The highest BCUT2D eigenvalue weighted by molar-refractivity contribution is 5.04. The molecule has 2 unspecified atom stereocenters. The van der Waals surface area contributed by atoms with E-state index in [1.54, 1.807) is 0 Å². The van der Waals surface area contributed by atoms with Crippen LogP contribution in [-0.4, -0.2) is 18.0 Å². The third kappa shape index (κ3) is 4.51. The van der Waals surface area contributed by atoms with Crippen molar-refractivity contribution in [1.29, 1.82) is 0 Å². The van der Waals surface area contributed by atoms with E-state index in [9.17, 15) is 0 Å². The van der Waals surface area contributed by atoms with E-state index in [4.69, 9.17) is 0 Å². The van der Waals surface area contributed by atoms with Gasteiger partial charge in [-0.15, -0.1) is 0 Å². The molecule has 0 amide bonds. The van der Waals surface area contributed by atoms with Gasteiger partial charge in [0, 0.05) is 18.8 Å². The molecule has 0 aromatic heterocycles. The largest absolute Gasteiger partial charge is 0.375 e. The summed E-state index contributed by atoms with van der Waals surface area (Å²) in [6.45, 7) is 17.8. The van der Waals surface area contributed by atoms with Crippen molar-refractivity contribution >= 4 is 0 Å². The van der Waals surface area contributed by atoms with Crippen molar-refractivity contribution in [3.8, 4) is 0 Å². The van der Waals surface area contributed by atoms with Gasteiger partial charge in [0.15, 0.2) is 0 Å². The quantitative estimate of drug-likeness (QED) is 0.574. The molecular weight excluding hydrogens is 218 g/mol. The monoisotopic (exact) mass is 249 g/mol. The molecule has 1 rings (SSSR count). The second-order valence-electron chi connectivity index (χ2n) is 5.95. The molecule has 1 aliphatic rings. The maximum atomic E-state index is 4.32. The molecule has 1 nitrogen and oxygen atoms in total. The van der Waals surface area contributed by atoms with Gasteiger partial charge in [-0.25, -0.2) is 0 Å². The first-order valence-corrected chi connectivity index (χ1v) is 7.67. The molecule has 0 aromatic rings. The molecular formula is C17H31N. The Balaban J connectivity index is 2.33. The fraction of sp³-hybridized carbons (Fsp3) is 0.765. The zero-order valence-corrected chi connectivity index (χ0v) is 12.7. The van der Waals surface area contributed by atoms with E-state index < -0.39 is 0 Å². The summed E-state index contributed by atoms with van der Waals surface area (Å²) in [6, 6.07) is 0. The van der Waals surface area contributed by atoms with Crippen LogP contribution in [0.1, 0.15) is 59.3 Å². The van der Waals surface area contributed by atoms with E-state index in [2.05, 4.69) is 38.8 Å². The van der Waals surface area contributed by atoms with Crippen LogP contribution in [0.5, 0.6) is 0 Å². The maximum absolute atomic E-state index is 4.32. The number of piperidine rings is 1. The summed E-state index contributed by atoms with van der Waals surface area (Å²) in [5.74, 6) is 1.27. The molecule has 1 heteroatoms. The molecule has 0 N–H and O–H groups in total.